The Bertz CT molecular complexity index is 3.61. The Kier molecular flexibility index (Phi) is 1620. The van der Waals surface area contributed by atoms with Gasteiger partial charge in [0, 0.05) is 0 Å². The highest BCUT2D eigenvalue weighted by Crippen LogP contribution is 0.144. The molecule has 0 spiro atoms. The average molecular weight is 158 g/mol. The molecule has 0 heterocycles. The number of hydrogen-bond acceptors (Lipinski definition) is 0. The molecular formula is CH4Cl4-4. The predicted octanol–water partition coefficient (Wildman–Crippen LogP) is -11.3. The topological polar surface area (TPSA) is 0 Å². The molecule has 0 saturated heterocycles. The molecule has 0 aromatic heterocycles. The van der Waals surface area contributed by atoms with E-state index in [1.54, 1.807) is 0 Å². The van der Waals surface area contributed by atoms with Crippen molar-refractivity contribution < 1.29 is 49.6 Å². The molecule has 4 heteroatoms. The van der Waals surface area contributed by atoms with Gasteiger partial charge in [-0.05, 0) is 0 Å². The van der Waals surface area contributed by atoms with Gasteiger partial charge in [-0.1, -0.05) is 7.43 Å². The van der Waals surface area contributed by atoms with Crippen LogP contribution in [0.2, 0.25) is 0 Å². The molecule has 0 radical (unpaired) electrons. The van der Waals surface area contributed by atoms with Crippen LogP contribution < -0.4 is 49.6 Å². The van der Waals surface area contributed by atoms with Crippen LogP contribution in [0.1, 0.15) is 7.43 Å². The monoisotopic (exact) mass is 156 g/mol. The van der Waals surface area contributed by atoms with Crippen molar-refractivity contribution in [3.05, 3.63) is 0 Å². The van der Waals surface area contributed by atoms with Gasteiger partial charge in [0.1, 0.15) is 0 Å². The van der Waals surface area contributed by atoms with Crippen LogP contribution in [0.5, 0.6) is 0 Å². The highest BCUT2D eigenvalue weighted by Gasteiger charge is -0.0776. The molecule has 0 atom stereocenters. The molecule has 0 aromatic rings. The van der Waals surface area contributed by atoms with Gasteiger partial charge in [-0.2, -0.15) is 0 Å². The summed E-state index contributed by atoms with van der Waals surface area (Å²) in [5.74, 6) is 0. The van der Waals surface area contributed by atoms with E-state index in [4.69, 9.17) is 0 Å². The highest BCUT2D eigenvalue weighted by atomic mass is 35.5. The quantitative estimate of drug-likeness (QED) is 0.328. The second-order valence-corrected chi connectivity index (χ2v) is 0. The third kappa shape index (κ3) is 38.3. The standard InChI is InChI=1S/CH4.4ClH/h1H4;4*1H/p-4. The van der Waals surface area contributed by atoms with Crippen molar-refractivity contribution in [3.63, 3.8) is 0 Å². The van der Waals surface area contributed by atoms with Gasteiger partial charge >= 0.3 is 0 Å². The third-order valence-corrected chi connectivity index (χ3v) is 0. The van der Waals surface area contributed by atoms with E-state index < -0.39 is 0 Å². The van der Waals surface area contributed by atoms with Crippen LogP contribution in [0.4, 0.5) is 0 Å². The van der Waals surface area contributed by atoms with Gasteiger partial charge in [0.25, 0.3) is 0 Å². The lowest BCUT2D eigenvalue weighted by Crippen LogP contribution is -3.00. The molecule has 0 N–H and O–H groups in total. The van der Waals surface area contributed by atoms with Gasteiger partial charge in [0.15, 0.2) is 0 Å². The second kappa shape index (κ2) is 66.4. The zero-order chi connectivity index (χ0) is 0. The molecule has 40 valence electrons. The Hall–Kier alpha value is 1.16. The summed E-state index contributed by atoms with van der Waals surface area (Å²) in [5, 5.41) is 0. The minimum absolute atomic E-state index is 0. The molecule has 0 bridgehead atoms. The first-order chi connectivity index (χ1) is 0. The van der Waals surface area contributed by atoms with E-state index in [0.717, 1.165) is 0 Å². The van der Waals surface area contributed by atoms with Crippen molar-refractivity contribution in [2.75, 3.05) is 0 Å². The van der Waals surface area contributed by atoms with Gasteiger partial charge < -0.3 is 49.6 Å². The summed E-state index contributed by atoms with van der Waals surface area (Å²) < 4.78 is 0. The maximum Gasteiger partial charge on any atom is -0.0776 e. The van der Waals surface area contributed by atoms with Crippen LogP contribution in [-0.2, 0) is 0 Å². The largest absolute Gasteiger partial charge is 1.00 e. The molecule has 5 heavy (non-hydrogen) atoms. The molecule has 0 aliphatic carbocycles. The summed E-state index contributed by atoms with van der Waals surface area (Å²) in [4.78, 5) is 0. The van der Waals surface area contributed by atoms with Crippen LogP contribution in [0.25, 0.3) is 0 Å². The predicted molar refractivity (Wildman–Crippen MR) is 6.73 cm³/mol. The van der Waals surface area contributed by atoms with Gasteiger partial charge in [0.2, 0.25) is 0 Å². The highest BCUT2D eigenvalue weighted by molar-refractivity contribution is 2.50. The fourth-order valence-electron chi connectivity index (χ4n) is 0. The Balaban J connectivity index is 0. The summed E-state index contributed by atoms with van der Waals surface area (Å²) in [5.41, 5.74) is 0. The van der Waals surface area contributed by atoms with Gasteiger partial charge in [0.05, 0.1) is 0 Å². The minimum Gasteiger partial charge on any atom is -1.00 e. The van der Waals surface area contributed by atoms with Gasteiger partial charge in [-0.25, -0.2) is 0 Å². The Morgan fingerprint density at radius 3 is 0.400 bits per heavy atom. The number of halogens is 4. The minimum atomic E-state index is 0. The Morgan fingerprint density at radius 1 is 0.400 bits per heavy atom. The summed E-state index contributed by atoms with van der Waals surface area (Å²) in [6.45, 7) is 0. The third-order valence-electron chi connectivity index (χ3n) is 0. The van der Waals surface area contributed by atoms with Crippen LogP contribution in [-0.4, -0.2) is 0 Å². The van der Waals surface area contributed by atoms with E-state index in [1.165, 1.54) is 0 Å². The second-order valence-electron chi connectivity index (χ2n) is 0. The Morgan fingerprint density at radius 2 is 0.400 bits per heavy atom. The van der Waals surface area contributed by atoms with Gasteiger partial charge in [-0.3, -0.25) is 0 Å². The van der Waals surface area contributed by atoms with E-state index in [1.807, 2.05) is 0 Å². The maximum absolute atomic E-state index is 0. The summed E-state index contributed by atoms with van der Waals surface area (Å²) in [7, 11) is 0. The van der Waals surface area contributed by atoms with Crippen molar-refractivity contribution in [2.24, 2.45) is 0 Å². The van der Waals surface area contributed by atoms with Crippen LogP contribution in [0.3, 0.4) is 0 Å². The number of hydrogen-bond donors (Lipinski definition) is 0. The lowest BCUT2D eigenvalue weighted by atomic mass is 12.0. The van der Waals surface area contributed by atoms with Crippen molar-refractivity contribution in [1.29, 1.82) is 0 Å². The van der Waals surface area contributed by atoms with E-state index in [-0.39, 0.29) is 57.1 Å². The van der Waals surface area contributed by atoms with Crippen LogP contribution >= 0.6 is 0 Å². The molecule has 0 nitrogen and oxygen atoms in total. The average Bonchev–Trinajstić information content (AvgIpc) is 0. The molecule has 0 fully saturated rings. The zero-order valence-electron chi connectivity index (χ0n) is 1.51. The molecule has 0 aliphatic heterocycles. The smallest absolute Gasteiger partial charge is 0.0776 e. The van der Waals surface area contributed by atoms with Crippen molar-refractivity contribution in [2.45, 2.75) is 7.43 Å². The molecule has 0 amide bonds. The molecule has 0 unspecified atom stereocenters. The van der Waals surface area contributed by atoms with Crippen molar-refractivity contribution in [1.82, 2.24) is 0 Å². The normalized spacial score (nSPS) is 0. The SMILES string of the molecule is C.[Cl-].[Cl-].[Cl-].[Cl-]. The summed E-state index contributed by atoms with van der Waals surface area (Å²) in [6.07, 6.45) is 0. The molecule has 0 rings (SSSR count). The molecule has 0 aliphatic rings. The molecule has 0 saturated carbocycles. The van der Waals surface area contributed by atoms with Crippen molar-refractivity contribution >= 4 is 0 Å². The van der Waals surface area contributed by atoms with E-state index in [0.29, 0.717) is 0 Å². The Labute approximate surface area is 57.4 Å². The van der Waals surface area contributed by atoms with Crippen molar-refractivity contribution in [3.8, 4) is 0 Å². The molecular weight excluding hydrogens is 154 g/mol. The van der Waals surface area contributed by atoms with Gasteiger partial charge in [-0.15, -0.1) is 0 Å². The van der Waals surface area contributed by atoms with E-state index in [2.05, 4.69) is 0 Å². The number of rotatable bonds is 0. The zero-order valence-corrected chi connectivity index (χ0v) is 4.54. The first-order valence-corrected chi connectivity index (χ1v) is 0. The van der Waals surface area contributed by atoms with Crippen LogP contribution in [0, 0.1) is 0 Å². The fraction of sp³-hybridized carbons (Fsp3) is 1.00. The fourth-order valence-corrected chi connectivity index (χ4v) is 0. The molecule has 0 aromatic carbocycles. The summed E-state index contributed by atoms with van der Waals surface area (Å²) in [6, 6.07) is 0. The first-order valence-electron chi connectivity index (χ1n) is 0. The maximum atomic E-state index is 0. The van der Waals surface area contributed by atoms with Crippen LogP contribution in [0.15, 0.2) is 0 Å². The first kappa shape index (κ1) is 122. The summed E-state index contributed by atoms with van der Waals surface area (Å²) >= 11 is 0. The van der Waals surface area contributed by atoms with E-state index in [9.17, 15) is 0 Å². The lowest BCUT2D eigenvalue weighted by Gasteiger charge is -1.00. The lowest BCUT2D eigenvalue weighted by molar-refractivity contribution is -0.00100. The van der Waals surface area contributed by atoms with E-state index >= 15 is 0 Å².